The number of carboxylic acids is 1. The zero-order chi connectivity index (χ0) is 27.8. The van der Waals surface area contributed by atoms with E-state index in [0.717, 1.165) is 0 Å². The molecule has 4 N–H and O–H groups in total. The molecule has 11 nitrogen and oxygen atoms in total. The van der Waals surface area contributed by atoms with Crippen LogP contribution in [0.5, 0.6) is 5.75 Å². The fourth-order valence-corrected chi connectivity index (χ4v) is 3.64. The molecule has 1 aromatic carbocycles. The van der Waals surface area contributed by atoms with Crippen molar-refractivity contribution in [3.05, 3.63) is 29.3 Å². The fourth-order valence-electron chi connectivity index (χ4n) is 3.56. The average Bonchev–Trinajstić information content (AvgIpc) is 2.76. The van der Waals surface area contributed by atoms with E-state index in [1.807, 2.05) is 23.1 Å². The summed E-state index contributed by atoms with van der Waals surface area (Å²) in [5.41, 5.74) is -1.27. The molecule has 4 atom stereocenters. The third-order valence-electron chi connectivity index (χ3n) is 5.69. The number of nitrogens with one attached hydrogen (secondary N) is 1. The Bertz CT molecular complexity index is 946. The molecular weight excluding hydrogens is 505 g/mol. The molecule has 0 radical (unpaired) electrons. The Morgan fingerprint density at radius 1 is 1.16 bits per heavy atom. The van der Waals surface area contributed by atoms with Gasteiger partial charge in [-0.1, -0.05) is 6.07 Å². The van der Waals surface area contributed by atoms with Gasteiger partial charge in [-0.25, -0.2) is 9.59 Å². The van der Waals surface area contributed by atoms with Crippen molar-refractivity contribution in [2.75, 3.05) is 13.2 Å². The summed E-state index contributed by atoms with van der Waals surface area (Å²) in [7, 11) is 1.90. The molecule has 1 aliphatic rings. The number of rotatable bonds is 13. The first kappa shape index (κ1) is 30.9. The minimum atomic E-state index is -1.23. The lowest BCUT2D eigenvalue weighted by molar-refractivity contribution is -0.195. The second-order valence-electron chi connectivity index (χ2n) is 10.3. The van der Waals surface area contributed by atoms with Crippen LogP contribution in [0.25, 0.3) is 0 Å². The quantitative estimate of drug-likeness (QED) is 0.272. The zero-order valence-corrected chi connectivity index (χ0v) is 22.8. The van der Waals surface area contributed by atoms with Crippen molar-refractivity contribution in [1.29, 1.82) is 0 Å². The van der Waals surface area contributed by atoms with Crippen LogP contribution in [0.2, 0.25) is 0 Å². The Balaban J connectivity index is 2.10. The van der Waals surface area contributed by atoms with Gasteiger partial charge in [0.25, 0.3) is 5.91 Å². The Hall–Kier alpha value is -2.30. The van der Waals surface area contributed by atoms with Crippen LogP contribution in [-0.2, 0) is 25.6 Å². The molecule has 1 heterocycles. The highest BCUT2D eigenvalue weighted by Crippen LogP contribution is 2.27. The second-order valence-corrected chi connectivity index (χ2v) is 10.7. The first-order valence-corrected chi connectivity index (χ1v) is 12.7. The number of aliphatic hydroxyl groups excluding tert-OH is 1. The van der Waals surface area contributed by atoms with Gasteiger partial charge >= 0.3 is 11.7 Å². The number of amides is 1. The first-order chi connectivity index (χ1) is 17.1. The predicted octanol–water partition coefficient (Wildman–Crippen LogP) is 2.60. The number of hydrogen-bond donors (Lipinski definition) is 4. The summed E-state index contributed by atoms with van der Waals surface area (Å²) in [4.78, 5) is 35.6. The van der Waals surface area contributed by atoms with Crippen LogP contribution < -0.4 is 10.1 Å². The topological polar surface area (TPSA) is 161 Å². The predicted molar refractivity (Wildman–Crippen MR) is 136 cm³/mol. The highest BCUT2D eigenvalue weighted by molar-refractivity contribution is 7.39. The molecule has 0 spiro atoms. The molecule has 0 aliphatic carbocycles. The van der Waals surface area contributed by atoms with Gasteiger partial charge in [0.15, 0.2) is 6.10 Å². The van der Waals surface area contributed by atoms with Crippen LogP contribution in [-0.4, -0.2) is 75.8 Å². The molecule has 1 amide bonds. The number of carbonyl (C=O) groups is 3. The van der Waals surface area contributed by atoms with Crippen LogP contribution in [0.1, 0.15) is 69.3 Å². The molecule has 1 aliphatic heterocycles. The molecule has 1 saturated heterocycles. The lowest BCUT2D eigenvalue weighted by Crippen LogP contribution is -2.42. The lowest BCUT2D eigenvalue weighted by Gasteiger charge is -2.31. The van der Waals surface area contributed by atoms with Crippen molar-refractivity contribution >= 4 is 26.8 Å². The molecule has 37 heavy (non-hydrogen) atoms. The van der Waals surface area contributed by atoms with Crippen molar-refractivity contribution in [2.45, 2.75) is 89.7 Å². The van der Waals surface area contributed by atoms with E-state index in [1.54, 1.807) is 19.9 Å². The second kappa shape index (κ2) is 13.5. The van der Waals surface area contributed by atoms with E-state index in [-0.39, 0.29) is 37.3 Å². The van der Waals surface area contributed by atoms with E-state index in [1.165, 1.54) is 12.1 Å². The number of benzene rings is 1. The molecule has 4 unspecified atom stereocenters. The Morgan fingerprint density at radius 2 is 1.86 bits per heavy atom. The summed E-state index contributed by atoms with van der Waals surface area (Å²) in [6, 6.07) is 4.62. The van der Waals surface area contributed by atoms with E-state index in [9.17, 15) is 29.7 Å². The van der Waals surface area contributed by atoms with Crippen LogP contribution in [0.15, 0.2) is 18.2 Å². The molecule has 208 valence electrons. The maximum atomic E-state index is 13.1. The molecule has 1 fully saturated rings. The molecule has 0 aromatic heterocycles. The van der Waals surface area contributed by atoms with Gasteiger partial charge in [0.05, 0.1) is 29.5 Å². The summed E-state index contributed by atoms with van der Waals surface area (Å²) >= 11 is 0. The Morgan fingerprint density at radius 3 is 2.49 bits per heavy atom. The van der Waals surface area contributed by atoms with Gasteiger partial charge in [-0.2, -0.15) is 0 Å². The van der Waals surface area contributed by atoms with Gasteiger partial charge in [0, 0.05) is 19.4 Å². The van der Waals surface area contributed by atoms with Crippen LogP contribution in [0.4, 0.5) is 4.79 Å². The smallest absolute Gasteiger partial charge is 0.333 e. The van der Waals surface area contributed by atoms with Crippen molar-refractivity contribution in [3.63, 3.8) is 0 Å². The van der Waals surface area contributed by atoms with E-state index in [0.29, 0.717) is 25.0 Å². The summed E-state index contributed by atoms with van der Waals surface area (Å²) < 4.78 is 22.1. The van der Waals surface area contributed by atoms with Crippen molar-refractivity contribution in [3.8, 4) is 5.75 Å². The highest BCUT2D eigenvalue weighted by atomic mass is 31.0. The molecule has 12 heteroatoms. The largest absolute Gasteiger partial charge is 0.479 e. The van der Waals surface area contributed by atoms with Crippen molar-refractivity contribution in [2.24, 2.45) is 0 Å². The summed E-state index contributed by atoms with van der Waals surface area (Å²) in [6.07, 6.45) is -2.30. The third kappa shape index (κ3) is 11.3. The number of aliphatic hydroxyl groups is 2. The first-order valence-electron chi connectivity index (χ1n) is 12.1. The fraction of sp³-hybridized carbons (Fsp3) is 0.640. The Labute approximate surface area is 219 Å². The molecular formula is C25H38NO10P. The number of carbonyl (C=O) groups excluding carboxylic acids is 2. The monoisotopic (exact) mass is 543 g/mol. The maximum Gasteiger partial charge on any atom is 0.333 e. The number of aliphatic carboxylic acids is 1. The van der Waals surface area contributed by atoms with E-state index in [4.69, 9.17) is 18.9 Å². The third-order valence-corrected chi connectivity index (χ3v) is 5.86. The van der Waals surface area contributed by atoms with Gasteiger partial charge in [-0.15, -0.1) is 0 Å². The molecule has 0 saturated carbocycles. The van der Waals surface area contributed by atoms with Crippen LogP contribution in [0, 0.1) is 0 Å². The lowest BCUT2D eigenvalue weighted by atomic mass is 10.0. The maximum absolute atomic E-state index is 13.1. The zero-order valence-electron chi connectivity index (χ0n) is 21.7. The number of carboxylic acid groups (broad SMARTS) is 1. The summed E-state index contributed by atoms with van der Waals surface area (Å²) in [5, 5.41) is 32.0. The summed E-state index contributed by atoms with van der Waals surface area (Å²) in [5.74, 6) is -1.55. The van der Waals surface area contributed by atoms with Crippen molar-refractivity contribution < 1.29 is 48.7 Å². The van der Waals surface area contributed by atoms with E-state index in [2.05, 4.69) is 5.32 Å². The highest BCUT2D eigenvalue weighted by Gasteiger charge is 2.34. The average molecular weight is 544 g/mol. The van der Waals surface area contributed by atoms with Crippen LogP contribution >= 0.6 is 9.24 Å². The van der Waals surface area contributed by atoms with Crippen molar-refractivity contribution in [1.82, 2.24) is 5.32 Å². The normalized spacial score (nSPS) is 20.2. The number of hydrogen-bond acceptors (Lipinski definition) is 9. The summed E-state index contributed by atoms with van der Waals surface area (Å²) in [6.45, 7) is 7.77. The van der Waals surface area contributed by atoms with Gasteiger partial charge < -0.3 is 39.6 Å². The van der Waals surface area contributed by atoms with Gasteiger partial charge in [-0.05, 0) is 67.5 Å². The minimum Gasteiger partial charge on any atom is -0.479 e. The number of ether oxygens (including phenoxy) is 4. The molecule has 0 bridgehead atoms. The molecule has 2 rings (SSSR count). The van der Waals surface area contributed by atoms with E-state index >= 15 is 0 Å². The van der Waals surface area contributed by atoms with Gasteiger partial charge in [-0.3, -0.25) is 4.79 Å². The van der Waals surface area contributed by atoms with Gasteiger partial charge in [0.1, 0.15) is 12.4 Å². The van der Waals surface area contributed by atoms with E-state index < -0.39 is 47.3 Å². The minimum absolute atomic E-state index is 0.0352. The standard InChI is InChI=1S/C25H38NO10P/c1-24(2,32)8-10-34-25(3,4)7-9-26-21(28)17-11-15(14-33-23(31)37)5-6-18(17)35-20-13-16(27)12-19(36-20)22(29)30/h5-6,11,16,19-20,27,32H,7-10,12-14,37H2,1-4H3,(H,26,28)(H,29,30). The van der Waals surface area contributed by atoms with Gasteiger partial charge in [0.2, 0.25) is 6.29 Å². The van der Waals surface area contributed by atoms with Crippen LogP contribution in [0.3, 0.4) is 0 Å². The Kier molecular flexibility index (Phi) is 11.3. The SMILES string of the molecule is CC(C)(O)CCOC(C)(C)CCNC(=O)c1cc(COC(=O)P)ccc1OC1CC(O)CC(C(=O)O)O1. The molecule has 1 aromatic rings.